The van der Waals surface area contributed by atoms with Crippen molar-refractivity contribution in [2.45, 2.75) is 19.6 Å². The summed E-state index contributed by atoms with van der Waals surface area (Å²) in [6.45, 7) is 6.27. The fraction of sp³-hybridized carbons (Fsp3) is 0.562. The molecule has 2 rings (SSSR count). The van der Waals surface area contributed by atoms with Crippen LogP contribution in [0.5, 0.6) is 0 Å². The quantitative estimate of drug-likeness (QED) is 0.715. The molecular formula is C16H24ClNO4. The molecule has 1 aromatic carbocycles. The zero-order valence-corrected chi connectivity index (χ0v) is 13.7. The van der Waals surface area contributed by atoms with Gasteiger partial charge in [-0.15, -0.1) is 12.4 Å². The van der Waals surface area contributed by atoms with E-state index in [9.17, 15) is 4.79 Å². The minimum atomic E-state index is -0.267. The number of esters is 1. The predicted octanol–water partition coefficient (Wildman–Crippen LogP) is 1.89. The number of halogens is 1. The highest BCUT2D eigenvalue weighted by atomic mass is 35.5. The average molecular weight is 330 g/mol. The molecule has 1 unspecified atom stereocenters. The first-order valence-corrected chi connectivity index (χ1v) is 7.33. The Kier molecular flexibility index (Phi) is 9.08. The maximum Gasteiger partial charge on any atom is 0.303 e. The summed E-state index contributed by atoms with van der Waals surface area (Å²) in [7, 11) is 0. The van der Waals surface area contributed by atoms with E-state index in [1.54, 1.807) is 0 Å². The maximum absolute atomic E-state index is 11.2. The number of carbonyl (C=O) groups is 1. The van der Waals surface area contributed by atoms with Crippen LogP contribution in [0.2, 0.25) is 0 Å². The number of rotatable bonds is 7. The highest BCUT2D eigenvalue weighted by Crippen LogP contribution is 2.06. The zero-order valence-electron chi connectivity index (χ0n) is 12.9. The van der Waals surface area contributed by atoms with Crippen LogP contribution in [0.4, 0.5) is 0 Å². The smallest absolute Gasteiger partial charge is 0.303 e. The van der Waals surface area contributed by atoms with Crippen LogP contribution in [0.15, 0.2) is 30.3 Å². The van der Waals surface area contributed by atoms with E-state index in [-0.39, 0.29) is 24.5 Å². The van der Waals surface area contributed by atoms with Gasteiger partial charge in [0.25, 0.3) is 0 Å². The van der Waals surface area contributed by atoms with Gasteiger partial charge in [0.15, 0.2) is 0 Å². The number of carbonyl (C=O) groups excluding carboxylic acids is 1. The summed E-state index contributed by atoms with van der Waals surface area (Å²) >= 11 is 0. The highest BCUT2D eigenvalue weighted by Gasteiger charge is 2.19. The van der Waals surface area contributed by atoms with Crippen molar-refractivity contribution >= 4 is 18.4 Å². The number of morpholine rings is 1. The van der Waals surface area contributed by atoms with Gasteiger partial charge in [0, 0.05) is 26.6 Å². The Labute approximate surface area is 137 Å². The molecule has 6 heteroatoms. The van der Waals surface area contributed by atoms with Crippen LogP contribution < -0.4 is 0 Å². The summed E-state index contributed by atoms with van der Waals surface area (Å²) in [6, 6.07) is 9.97. The lowest BCUT2D eigenvalue weighted by molar-refractivity contribution is -0.151. The van der Waals surface area contributed by atoms with Crippen molar-refractivity contribution in [3.8, 4) is 0 Å². The molecule has 0 bridgehead atoms. The van der Waals surface area contributed by atoms with Gasteiger partial charge < -0.3 is 14.2 Å². The lowest BCUT2D eigenvalue weighted by Gasteiger charge is -2.30. The fourth-order valence-electron chi connectivity index (χ4n) is 2.31. The Hall–Kier alpha value is -1.14. The monoisotopic (exact) mass is 329 g/mol. The third-order valence-electron chi connectivity index (χ3n) is 3.31. The van der Waals surface area contributed by atoms with E-state index in [1.165, 1.54) is 6.92 Å². The van der Waals surface area contributed by atoms with Gasteiger partial charge in [-0.25, -0.2) is 0 Å². The molecule has 22 heavy (non-hydrogen) atoms. The largest absolute Gasteiger partial charge is 0.459 e. The van der Waals surface area contributed by atoms with Gasteiger partial charge in [0.2, 0.25) is 0 Å². The maximum atomic E-state index is 11.2. The molecule has 1 aromatic rings. The Bertz CT molecular complexity index is 423. The minimum Gasteiger partial charge on any atom is -0.459 e. The summed E-state index contributed by atoms with van der Waals surface area (Å²) < 4.78 is 16.4. The second kappa shape index (κ2) is 10.6. The molecule has 0 saturated carbocycles. The van der Waals surface area contributed by atoms with Gasteiger partial charge in [-0.05, 0) is 5.56 Å². The van der Waals surface area contributed by atoms with E-state index in [0.717, 1.165) is 31.9 Å². The molecule has 0 spiro atoms. The predicted molar refractivity (Wildman–Crippen MR) is 86.2 cm³/mol. The summed E-state index contributed by atoms with van der Waals surface area (Å²) in [5, 5.41) is 0. The molecule has 0 N–H and O–H groups in total. The van der Waals surface area contributed by atoms with Crippen LogP contribution in [0.1, 0.15) is 12.5 Å². The van der Waals surface area contributed by atoms with Gasteiger partial charge in [0.05, 0.1) is 26.4 Å². The van der Waals surface area contributed by atoms with Gasteiger partial charge in [0.1, 0.15) is 6.10 Å². The molecular weight excluding hydrogens is 306 g/mol. The van der Waals surface area contributed by atoms with Gasteiger partial charge >= 0.3 is 5.97 Å². The van der Waals surface area contributed by atoms with Crippen molar-refractivity contribution in [1.82, 2.24) is 4.90 Å². The Morgan fingerprint density at radius 1 is 1.27 bits per heavy atom. The van der Waals surface area contributed by atoms with Crippen molar-refractivity contribution in [3.63, 3.8) is 0 Å². The van der Waals surface area contributed by atoms with Gasteiger partial charge in [-0.3, -0.25) is 9.69 Å². The first-order chi connectivity index (χ1) is 10.2. The van der Waals surface area contributed by atoms with Crippen molar-refractivity contribution in [1.29, 1.82) is 0 Å². The van der Waals surface area contributed by atoms with E-state index < -0.39 is 0 Å². The molecule has 1 atom stereocenters. The van der Waals surface area contributed by atoms with E-state index >= 15 is 0 Å². The second-order valence-corrected chi connectivity index (χ2v) is 5.15. The number of hydrogen-bond donors (Lipinski definition) is 0. The van der Waals surface area contributed by atoms with Crippen LogP contribution in [-0.4, -0.2) is 56.4 Å². The van der Waals surface area contributed by atoms with E-state index in [1.807, 2.05) is 30.3 Å². The zero-order chi connectivity index (χ0) is 14.9. The lowest BCUT2D eigenvalue weighted by atomic mass is 10.2. The van der Waals surface area contributed by atoms with Gasteiger partial charge in [-0.1, -0.05) is 30.3 Å². The summed E-state index contributed by atoms with van der Waals surface area (Å²) in [6.07, 6.45) is -0.232. The highest BCUT2D eigenvalue weighted by molar-refractivity contribution is 5.85. The first kappa shape index (κ1) is 18.9. The molecule has 0 radical (unpaired) electrons. The molecule has 1 aliphatic heterocycles. The molecule has 1 aliphatic rings. The van der Waals surface area contributed by atoms with E-state index in [4.69, 9.17) is 14.2 Å². The lowest BCUT2D eigenvalue weighted by Crippen LogP contribution is -2.43. The average Bonchev–Trinajstić information content (AvgIpc) is 2.49. The standard InChI is InChI=1S/C16H23NO4.ClH/c1-14(18)21-16(11-17-7-9-19-10-8-17)13-20-12-15-5-3-2-4-6-15;/h2-6,16H,7-13H2,1H3;1H. The summed E-state index contributed by atoms with van der Waals surface area (Å²) in [5.74, 6) is -0.267. The van der Waals surface area contributed by atoms with Gasteiger partial charge in [-0.2, -0.15) is 0 Å². The molecule has 1 heterocycles. The van der Waals surface area contributed by atoms with Crippen molar-refractivity contribution in [2.24, 2.45) is 0 Å². The SMILES string of the molecule is CC(=O)OC(COCc1ccccc1)CN1CCOCC1.Cl. The third-order valence-corrected chi connectivity index (χ3v) is 3.31. The Morgan fingerprint density at radius 2 is 1.95 bits per heavy atom. The van der Waals surface area contributed by atoms with Crippen LogP contribution in [0, 0.1) is 0 Å². The van der Waals surface area contributed by atoms with Crippen LogP contribution in [0.3, 0.4) is 0 Å². The molecule has 0 aromatic heterocycles. The van der Waals surface area contributed by atoms with Crippen molar-refractivity contribution in [3.05, 3.63) is 35.9 Å². The second-order valence-electron chi connectivity index (χ2n) is 5.15. The molecule has 5 nitrogen and oxygen atoms in total. The van der Waals surface area contributed by atoms with Crippen molar-refractivity contribution in [2.75, 3.05) is 39.5 Å². The van der Waals surface area contributed by atoms with E-state index in [2.05, 4.69) is 4.90 Å². The van der Waals surface area contributed by atoms with Crippen LogP contribution in [-0.2, 0) is 25.6 Å². The minimum absolute atomic E-state index is 0. The number of benzene rings is 1. The number of nitrogens with zero attached hydrogens (tertiary/aromatic N) is 1. The number of hydrogen-bond acceptors (Lipinski definition) is 5. The molecule has 124 valence electrons. The molecule has 1 saturated heterocycles. The molecule has 0 amide bonds. The van der Waals surface area contributed by atoms with Crippen molar-refractivity contribution < 1.29 is 19.0 Å². The number of ether oxygens (including phenoxy) is 3. The summed E-state index contributed by atoms with van der Waals surface area (Å²) in [5.41, 5.74) is 1.12. The van der Waals surface area contributed by atoms with Crippen LogP contribution in [0.25, 0.3) is 0 Å². The normalized spacial score (nSPS) is 16.6. The Morgan fingerprint density at radius 3 is 2.59 bits per heavy atom. The topological polar surface area (TPSA) is 48.0 Å². The summed E-state index contributed by atoms with van der Waals surface area (Å²) in [4.78, 5) is 13.4. The Balaban J connectivity index is 0.00000242. The molecule has 1 fully saturated rings. The first-order valence-electron chi connectivity index (χ1n) is 7.33. The van der Waals surface area contributed by atoms with Crippen LogP contribution >= 0.6 is 12.4 Å². The fourth-order valence-corrected chi connectivity index (χ4v) is 2.31. The van der Waals surface area contributed by atoms with E-state index in [0.29, 0.717) is 19.8 Å². The third kappa shape index (κ3) is 7.22. The molecule has 0 aliphatic carbocycles.